The first kappa shape index (κ1) is 22.1. The monoisotopic (exact) mass is 472 g/mol. The minimum Gasteiger partial charge on any atom is -0.382 e. The van der Waals surface area contributed by atoms with Gasteiger partial charge in [0, 0.05) is 47.8 Å². The van der Waals surface area contributed by atoms with Crippen LogP contribution in [0.4, 0.5) is 5.69 Å². The lowest BCUT2D eigenvalue weighted by Gasteiger charge is -2.45. The number of anilines is 1. The minimum absolute atomic E-state index is 0.00797. The summed E-state index contributed by atoms with van der Waals surface area (Å²) in [5.74, 6) is 0. The zero-order valence-corrected chi connectivity index (χ0v) is 19.3. The van der Waals surface area contributed by atoms with E-state index in [1.807, 2.05) is 48.7 Å². The second kappa shape index (κ2) is 9.15. The van der Waals surface area contributed by atoms with Gasteiger partial charge in [-0.2, -0.15) is 5.26 Å². The number of thiazole rings is 1. The molecule has 1 saturated heterocycles. The highest BCUT2D eigenvalue weighted by Crippen LogP contribution is 2.35. The summed E-state index contributed by atoms with van der Waals surface area (Å²) in [5.41, 5.74) is 1.48. The summed E-state index contributed by atoms with van der Waals surface area (Å²) < 4.78 is 0. The van der Waals surface area contributed by atoms with E-state index in [-0.39, 0.29) is 6.04 Å². The van der Waals surface area contributed by atoms with E-state index in [0.717, 1.165) is 17.8 Å². The van der Waals surface area contributed by atoms with Gasteiger partial charge in [0.2, 0.25) is 0 Å². The topological polar surface area (TPSA) is 63.4 Å². The summed E-state index contributed by atoms with van der Waals surface area (Å²) in [5, 5.41) is 24.5. The van der Waals surface area contributed by atoms with Crippen molar-refractivity contribution in [2.45, 2.75) is 18.6 Å². The molecule has 31 heavy (non-hydrogen) atoms. The third kappa shape index (κ3) is 4.87. The van der Waals surface area contributed by atoms with Crippen LogP contribution in [0.2, 0.25) is 10.0 Å². The van der Waals surface area contributed by atoms with E-state index in [0.29, 0.717) is 40.3 Å². The average Bonchev–Trinajstić information content (AvgIpc) is 3.30. The van der Waals surface area contributed by atoms with E-state index >= 15 is 0 Å². The summed E-state index contributed by atoms with van der Waals surface area (Å²) in [6, 6.07) is 15.5. The molecule has 1 fully saturated rings. The van der Waals surface area contributed by atoms with Crippen molar-refractivity contribution in [1.82, 2.24) is 9.88 Å². The number of aliphatic hydroxyl groups is 1. The number of benzene rings is 2. The highest BCUT2D eigenvalue weighted by molar-refractivity contribution is 7.09. The van der Waals surface area contributed by atoms with Crippen LogP contribution in [0.1, 0.15) is 29.1 Å². The van der Waals surface area contributed by atoms with Crippen molar-refractivity contribution >= 4 is 40.2 Å². The quantitative estimate of drug-likeness (QED) is 0.559. The van der Waals surface area contributed by atoms with E-state index < -0.39 is 5.60 Å². The summed E-state index contributed by atoms with van der Waals surface area (Å²) in [4.78, 5) is 8.79. The molecular weight excluding hydrogens is 451 g/mol. The fraction of sp³-hybridized carbons (Fsp3) is 0.304. The highest BCUT2D eigenvalue weighted by Gasteiger charge is 2.35. The van der Waals surface area contributed by atoms with E-state index in [4.69, 9.17) is 23.2 Å². The molecule has 0 unspecified atom stereocenters. The Morgan fingerprint density at radius 2 is 1.94 bits per heavy atom. The molecule has 1 N–H and O–H groups in total. The van der Waals surface area contributed by atoms with Crippen LogP contribution in [0.15, 0.2) is 54.0 Å². The molecule has 3 aromatic rings. The third-order valence-corrected chi connectivity index (χ3v) is 7.05. The van der Waals surface area contributed by atoms with Gasteiger partial charge >= 0.3 is 0 Å². The molecule has 1 aliphatic heterocycles. The van der Waals surface area contributed by atoms with E-state index in [2.05, 4.69) is 20.9 Å². The average molecular weight is 473 g/mol. The molecule has 0 aliphatic carbocycles. The first-order chi connectivity index (χ1) is 14.9. The number of nitriles is 1. The SMILES string of the molecule is C[C@](O)(CN1CCN(c2ccc(Cl)cc2C#N)[C@H](c2ccc(Cl)cc2)C1)c1nccs1. The molecular formula is C23H22Cl2N4OS. The van der Waals surface area contributed by atoms with Crippen LogP contribution in [0.25, 0.3) is 0 Å². The van der Waals surface area contributed by atoms with Gasteiger partial charge in [-0.05, 0) is 42.8 Å². The van der Waals surface area contributed by atoms with Gasteiger partial charge in [0.15, 0.2) is 0 Å². The van der Waals surface area contributed by atoms with Crippen molar-refractivity contribution in [3.8, 4) is 6.07 Å². The second-order valence-electron chi connectivity index (χ2n) is 7.88. The number of piperazine rings is 1. The van der Waals surface area contributed by atoms with Crippen LogP contribution >= 0.6 is 34.5 Å². The molecule has 4 rings (SSSR count). The van der Waals surface area contributed by atoms with E-state index in [1.54, 1.807) is 12.3 Å². The predicted molar refractivity (Wildman–Crippen MR) is 126 cm³/mol. The van der Waals surface area contributed by atoms with Crippen molar-refractivity contribution in [3.05, 3.63) is 80.2 Å². The van der Waals surface area contributed by atoms with Crippen molar-refractivity contribution in [2.24, 2.45) is 0 Å². The molecule has 0 radical (unpaired) electrons. The Hall–Kier alpha value is -2.14. The largest absolute Gasteiger partial charge is 0.382 e. The molecule has 1 aliphatic rings. The number of halogens is 2. The molecule has 2 heterocycles. The van der Waals surface area contributed by atoms with E-state index in [9.17, 15) is 10.4 Å². The minimum atomic E-state index is -1.03. The first-order valence-electron chi connectivity index (χ1n) is 9.94. The summed E-state index contributed by atoms with van der Waals surface area (Å²) in [6.45, 7) is 4.43. The molecule has 2 atom stereocenters. The van der Waals surface area contributed by atoms with Gasteiger partial charge in [-0.1, -0.05) is 35.3 Å². The lowest BCUT2D eigenvalue weighted by Crippen LogP contribution is -2.52. The number of rotatable bonds is 5. The number of hydrogen-bond acceptors (Lipinski definition) is 6. The maximum Gasteiger partial charge on any atom is 0.126 e. The summed E-state index contributed by atoms with van der Waals surface area (Å²) >= 11 is 13.7. The first-order valence-corrected chi connectivity index (χ1v) is 11.6. The Balaban J connectivity index is 1.65. The lowest BCUT2D eigenvalue weighted by atomic mass is 9.98. The van der Waals surface area contributed by atoms with Crippen molar-refractivity contribution in [1.29, 1.82) is 5.26 Å². The molecule has 1 aromatic heterocycles. The van der Waals surface area contributed by atoms with Gasteiger partial charge in [0.05, 0.1) is 17.3 Å². The molecule has 2 aromatic carbocycles. The molecule has 0 saturated carbocycles. The van der Waals surface area contributed by atoms with Gasteiger partial charge in [0.1, 0.15) is 16.7 Å². The summed E-state index contributed by atoms with van der Waals surface area (Å²) in [6.07, 6.45) is 1.72. The van der Waals surface area contributed by atoms with E-state index in [1.165, 1.54) is 11.3 Å². The maximum absolute atomic E-state index is 11.0. The lowest BCUT2D eigenvalue weighted by molar-refractivity contribution is 0.0101. The van der Waals surface area contributed by atoms with Crippen LogP contribution < -0.4 is 4.90 Å². The second-order valence-corrected chi connectivity index (χ2v) is 9.65. The Morgan fingerprint density at radius 1 is 1.19 bits per heavy atom. The third-order valence-electron chi connectivity index (χ3n) is 5.53. The zero-order valence-electron chi connectivity index (χ0n) is 17.0. The Kier molecular flexibility index (Phi) is 6.52. The number of aromatic nitrogens is 1. The molecule has 5 nitrogen and oxygen atoms in total. The molecule has 0 amide bonds. The van der Waals surface area contributed by atoms with Crippen molar-refractivity contribution in [2.75, 3.05) is 31.1 Å². The number of nitrogens with zero attached hydrogens (tertiary/aromatic N) is 4. The molecule has 0 bridgehead atoms. The maximum atomic E-state index is 11.0. The van der Waals surface area contributed by atoms with Gasteiger partial charge in [-0.3, -0.25) is 4.90 Å². The van der Waals surface area contributed by atoms with Crippen LogP contribution in [0, 0.1) is 11.3 Å². The fourth-order valence-corrected chi connectivity index (χ4v) is 5.07. The van der Waals surface area contributed by atoms with Crippen LogP contribution in [0.5, 0.6) is 0 Å². The molecule has 160 valence electrons. The standard InChI is InChI=1S/C23H22Cl2N4OS/c1-23(30,22-27-8-11-31-22)15-28-9-10-29(20-7-6-19(25)12-17(20)13-26)21(14-28)16-2-4-18(24)5-3-16/h2-8,11-12,21,30H,9-10,14-15H2,1H3/t21-,23-/m0/s1. The van der Waals surface area contributed by atoms with Crippen molar-refractivity contribution in [3.63, 3.8) is 0 Å². The molecule has 0 spiro atoms. The fourth-order valence-electron chi connectivity index (χ4n) is 4.08. The Bertz CT molecular complexity index is 1080. The van der Waals surface area contributed by atoms with Gasteiger partial charge < -0.3 is 10.0 Å². The number of β-amino-alcohol motifs (C(OH)–C–C–N with tert-alkyl or cyclic N) is 1. The van der Waals surface area contributed by atoms with Crippen LogP contribution in [0.3, 0.4) is 0 Å². The number of hydrogen-bond donors (Lipinski definition) is 1. The van der Waals surface area contributed by atoms with Crippen LogP contribution in [-0.2, 0) is 5.60 Å². The summed E-state index contributed by atoms with van der Waals surface area (Å²) in [7, 11) is 0. The zero-order chi connectivity index (χ0) is 22.0. The molecule has 8 heteroatoms. The normalized spacial score (nSPS) is 19.1. The Morgan fingerprint density at radius 3 is 2.61 bits per heavy atom. The van der Waals surface area contributed by atoms with Gasteiger partial charge in [-0.15, -0.1) is 11.3 Å². The predicted octanol–water partition coefficient (Wildman–Crippen LogP) is 5.09. The van der Waals surface area contributed by atoms with Crippen molar-refractivity contribution < 1.29 is 5.11 Å². The van der Waals surface area contributed by atoms with Crippen LogP contribution in [-0.4, -0.2) is 41.2 Å². The Labute approximate surface area is 196 Å². The van der Waals surface area contributed by atoms with Gasteiger partial charge in [0.25, 0.3) is 0 Å². The smallest absolute Gasteiger partial charge is 0.126 e. The van der Waals surface area contributed by atoms with Gasteiger partial charge in [-0.25, -0.2) is 4.98 Å². The highest BCUT2D eigenvalue weighted by atomic mass is 35.5.